The first kappa shape index (κ1) is 38.6. The largest absolute Gasteiger partial charge is 0.300 e. The van der Waals surface area contributed by atoms with Gasteiger partial charge in [0.15, 0.2) is 0 Å². The Kier molecular flexibility index (Phi) is 19.9. The van der Waals surface area contributed by atoms with Crippen LogP contribution in [0.2, 0.25) is 0 Å². The Bertz CT molecular complexity index is 749. The third kappa shape index (κ3) is 19.5. The van der Waals surface area contributed by atoms with Gasteiger partial charge < -0.3 is 0 Å². The zero-order valence-corrected chi connectivity index (χ0v) is 27.7. The Balaban J connectivity index is 0. The minimum atomic E-state index is -0.0657. The lowest BCUT2D eigenvalue weighted by Gasteiger charge is -2.29. The van der Waals surface area contributed by atoms with E-state index in [0.29, 0.717) is 30.0 Å². The fraction of sp³-hybridized carbons (Fsp3) is 0.800. The maximum Gasteiger partial charge on any atom is 0.143 e. The second kappa shape index (κ2) is 19.5. The molecule has 1 rings (SSSR count). The van der Waals surface area contributed by atoms with E-state index in [2.05, 4.69) is 95.2 Å². The molecule has 0 spiro atoms. The molecule has 0 bridgehead atoms. The number of Topliss-reactive ketones (excluding diaryl/α,β-unsaturated/α-hetero) is 3. The molecule has 0 saturated carbocycles. The molecule has 0 amide bonds. The average Bonchev–Trinajstić information content (AvgIpc) is 2.71. The number of ketones is 3. The van der Waals surface area contributed by atoms with Crippen molar-refractivity contribution >= 4 is 17.3 Å². The SMILES string of the molecule is CC(C)(C)C.CCC.CCCC(CC1CC/C=C\C(C(C)(C)C)=C(\C)CC(=O)C1)C(CC)C(=O)CC(C)=O. The molecule has 0 aromatic carbocycles. The monoisotopic (exact) mass is 532 g/mol. The number of carbonyl (C=O) groups excluding carboxylic acids is 3. The summed E-state index contributed by atoms with van der Waals surface area (Å²) in [5.74, 6) is 0.852. The van der Waals surface area contributed by atoms with Gasteiger partial charge in [-0.05, 0) is 67.8 Å². The van der Waals surface area contributed by atoms with Crippen LogP contribution in [0.5, 0.6) is 0 Å². The number of rotatable bonds is 9. The average molecular weight is 533 g/mol. The van der Waals surface area contributed by atoms with Crippen molar-refractivity contribution in [1.82, 2.24) is 0 Å². The lowest BCUT2D eigenvalue weighted by atomic mass is 9.74. The fourth-order valence-corrected chi connectivity index (χ4v) is 5.14. The smallest absolute Gasteiger partial charge is 0.143 e. The molecule has 1 aliphatic carbocycles. The number of hydrogen-bond donors (Lipinski definition) is 0. The Morgan fingerprint density at radius 1 is 1.00 bits per heavy atom. The van der Waals surface area contributed by atoms with Crippen LogP contribution >= 0.6 is 0 Å². The highest BCUT2D eigenvalue weighted by molar-refractivity contribution is 5.99. The molecule has 0 aromatic rings. The van der Waals surface area contributed by atoms with E-state index < -0.39 is 0 Å². The van der Waals surface area contributed by atoms with Crippen LogP contribution in [0, 0.1) is 28.6 Å². The van der Waals surface area contributed by atoms with Crippen LogP contribution in [0.3, 0.4) is 0 Å². The van der Waals surface area contributed by atoms with Crippen molar-refractivity contribution in [3.05, 3.63) is 23.3 Å². The highest BCUT2D eigenvalue weighted by Crippen LogP contribution is 2.35. The van der Waals surface area contributed by atoms with Gasteiger partial charge in [-0.15, -0.1) is 0 Å². The van der Waals surface area contributed by atoms with Crippen molar-refractivity contribution in [2.75, 3.05) is 0 Å². The molecule has 0 saturated heterocycles. The van der Waals surface area contributed by atoms with Gasteiger partial charge in [0, 0.05) is 18.8 Å². The van der Waals surface area contributed by atoms with E-state index >= 15 is 0 Å². The molecule has 38 heavy (non-hydrogen) atoms. The highest BCUT2D eigenvalue weighted by Gasteiger charge is 2.30. The minimum absolute atomic E-state index is 0.0388. The van der Waals surface area contributed by atoms with Gasteiger partial charge in [0.05, 0.1) is 6.42 Å². The summed E-state index contributed by atoms with van der Waals surface area (Å²) in [4.78, 5) is 37.1. The van der Waals surface area contributed by atoms with Crippen molar-refractivity contribution < 1.29 is 14.4 Å². The zero-order valence-electron chi connectivity index (χ0n) is 27.7. The quantitative estimate of drug-likeness (QED) is 0.277. The molecule has 0 heterocycles. The predicted molar refractivity (Wildman–Crippen MR) is 166 cm³/mol. The van der Waals surface area contributed by atoms with Crippen LogP contribution in [-0.2, 0) is 14.4 Å². The van der Waals surface area contributed by atoms with Crippen LogP contribution in [0.1, 0.15) is 154 Å². The van der Waals surface area contributed by atoms with Crippen LogP contribution < -0.4 is 0 Å². The number of carbonyl (C=O) groups is 3. The molecule has 3 atom stereocenters. The summed E-state index contributed by atoms with van der Waals surface area (Å²) < 4.78 is 0. The van der Waals surface area contributed by atoms with Crippen LogP contribution in [0.15, 0.2) is 23.3 Å². The van der Waals surface area contributed by atoms with Crippen molar-refractivity contribution in [3.63, 3.8) is 0 Å². The molecule has 3 nitrogen and oxygen atoms in total. The molecule has 1 aliphatic rings. The first-order valence-corrected chi connectivity index (χ1v) is 15.3. The minimum Gasteiger partial charge on any atom is -0.300 e. The Hall–Kier alpha value is -1.51. The van der Waals surface area contributed by atoms with Gasteiger partial charge in [0.25, 0.3) is 0 Å². The standard InChI is InChI=1S/C27H44O3.C5H12.C3H8/c1-8-12-22(24(9-2)26(30)16-20(4)28)17-21-13-10-11-14-25(27(5,6)7)19(3)15-23(29)18-21;1-5(2,3)4;1-3-2/h11,14,21-22,24H,8-10,12-13,15-18H2,1-7H3;1-4H3;3H2,1-2H3/b14-11-,25-19+;;. The zero-order chi connectivity index (χ0) is 30.1. The van der Waals surface area contributed by atoms with Crippen molar-refractivity contribution in [2.45, 2.75) is 154 Å². The Labute approximate surface area is 237 Å². The van der Waals surface area contributed by atoms with E-state index in [0.717, 1.165) is 38.5 Å². The summed E-state index contributed by atoms with van der Waals surface area (Å²) in [6.07, 6.45) is 12.5. The normalized spacial score (nSPS) is 21.2. The topological polar surface area (TPSA) is 51.2 Å². The van der Waals surface area contributed by atoms with Crippen LogP contribution in [0.25, 0.3) is 0 Å². The third-order valence-electron chi connectivity index (χ3n) is 6.41. The lowest BCUT2D eigenvalue weighted by Crippen LogP contribution is -2.27. The Morgan fingerprint density at radius 3 is 1.95 bits per heavy atom. The van der Waals surface area contributed by atoms with Gasteiger partial charge in [-0.25, -0.2) is 0 Å². The van der Waals surface area contributed by atoms with Gasteiger partial charge in [-0.3, -0.25) is 14.4 Å². The number of allylic oxidation sites excluding steroid dienone is 4. The summed E-state index contributed by atoms with van der Waals surface area (Å²) in [6.45, 7) is 27.4. The molecule has 0 aromatic heterocycles. The first-order valence-electron chi connectivity index (χ1n) is 15.3. The molecular formula is C35H64O3. The van der Waals surface area contributed by atoms with Gasteiger partial charge >= 0.3 is 0 Å². The molecule has 0 fully saturated rings. The summed E-state index contributed by atoms with van der Waals surface area (Å²) >= 11 is 0. The van der Waals surface area contributed by atoms with Gasteiger partial charge in [-0.2, -0.15) is 0 Å². The molecule has 3 unspecified atom stereocenters. The second-order valence-electron chi connectivity index (χ2n) is 14.1. The van der Waals surface area contributed by atoms with E-state index in [1.165, 1.54) is 24.5 Å². The maximum absolute atomic E-state index is 12.9. The summed E-state index contributed by atoms with van der Waals surface area (Å²) in [7, 11) is 0. The number of hydrogen-bond acceptors (Lipinski definition) is 3. The predicted octanol–water partition coefficient (Wildman–Crippen LogP) is 10.5. The summed E-state index contributed by atoms with van der Waals surface area (Å²) in [5, 5.41) is 0. The lowest BCUT2D eigenvalue weighted by molar-refractivity contribution is -0.129. The van der Waals surface area contributed by atoms with Crippen molar-refractivity contribution in [2.24, 2.45) is 28.6 Å². The second-order valence-corrected chi connectivity index (χ2v) is 14.1. The maximum atomic E-state index is 12.9. The van der Waals surface area contributed by atoms with E-state index in [1.807, 2.05) is 0 Å². The molecule has 0 N–H and O–H groups in total. The van der Waals surface area contributed by atoms with Crippen molar-refractivity contribution in [1.29, 1.82) is 0 Å². The van der Waals surface area contributed by atoms with Crippen LogP contribution in [0.4, 0.5) is 0 Å². The molecular weight excluding hydrogens is 468 g/mol. The first-order chi connectivity index (χ1) is 17.4. The van der Waals surface area contributed by atoms with E-state index in [-0.39, 0.29) is 35.2 Å². The van der Waals surface area contributed by atoms with Gasteiger partial charge in [0.1, 0.15) is 17.3 Å². The molecule has 3 heteroatoms. The fourth-order valence-electron chi connectivity index (χ4n) is 5.14. The van der Waals surface area contributed by atoms with Gasteiger partial charge in [0.2, 0.25) is 0 Å². The van der Waals surface area contributed by atoms with Crippen molar-refractivity contribution in [3.8, 4) is 0 Å². The molecule has 222 valence electrons. The summed E-state index contributed by atoms with van der Waals surface area (Å²) in [5.41, 5.74) is 2.99. The van der Waals surface area contributed by atoms with E-state index in [9.17, 15) is 14.4 Å². The molecule has 0 radical (unpaired) electrons. The van der Waals surface area contributed by atoms with Gasteiger partial charge in [-0.1, -0.05) is 113 Å². The third-order valence-corrected chi connectivity index (χ3v) is 6.41. The summed E-state index contributed by atoms with van der Waals surface area (Å²) in [6, 6.07) is 0. The van der Waals surface area contributed by atoms with E-state index in [1.54, 1.807) is 0 Å². The Morgan fingerprint density at radius 2 is 1.53 bits per heavy atom. The molecule has 0 aliphatic heterocycles. The van der Waals surface area contributed by atoms with E-state index in [4.69, 9.17) is 0 Å². The van der Waals surface area contributed by atoms with Crippen LogP contribution in [-0.4, -0.2) is 17.3 Å². The highest BCUT2D eigenvalue weighted by atomic mass is 16.1.